The molecule has 0 N–H and O–H groups in total. The largest absolute Gasteiger partial charge is 0.497 e. The third-order valence-corrected chi connectivity index (χ3v) is 5.00. The quantitative estimate of drug-likeness (QED) is 0.804. The maximum absolute atomic E-state index is 12.6. The molecule has 1 saturated heterocycles. The molecule has 0 radical (unpaired) electrons. The van der Waals surface area contributed by atoms with Gasteiger partial charge in [-0.3, -0.25) is 9.69 Å². The van der Waals surface area contributed by atoms with Gasteiger partial charge in [0.1, 0.15) is 5.75 Å². The third kappa shape index (κ3) is 3.97. The van der Waals surface area contributed by atoms with Crippen LogP contribution in [0, 0.1) is 0 Å². The zero-order valence-electron chi connectivity index (χ0n) is 13.7. The fourth-order valence-electron chi connectivity index (χ4n) is 2.94. The van der Waals surface area contributed by atoms with E-state index in [2.05, 4.69) is 33.0 Å². The Labute approximate surface area is 151 Å². The van der Waals surface area contributed by atoms with Gasteiger partial charge in [-0.05, 0) is 45.8 Å². The lowest BCUT2D eigenvalue weighted by atomic mass is 10.1. The molecule has 0 aromatic heterocycles. The minimum Gasteiger partial charge on any atom is -0.497 e. The van der Waals surface area contributed by atoms with E-state index in [9.17, 15) is 4.79 Å². The number of halogens is 1. The van der Waals surface area contributed by atoms with Gasteiger partial charge < -0.3 is 9.64 Å². The van der Waals surface area contributed by atoms with Gasteiger partial charge in [0.25, 0.3) is 5.91 Å². The molecule has 0 bridgehead atoms. The second-order valence-corrected chi connectivity index (χ2v) is 6.75. The molecular formula is C19H21BrN2O2. The molecule has 0 atom stereocenters. The molecule has 2 aromatic carbocycles. The van der Waals surface area contributed by atoms with Gasteiger partial charge in [0.15, 0.2) is 0 Å². The monoisotopic (exact) mass is 388 g/mol. The topological polar surface area (TPSA) is 32.8 Å². The van der Waals surface area contributed by atoms with Crippen LogP contribution in [0.25, 0.3) is 0 Å². The summed E-state index contributed by atoms with van der Waals surface area (Å²) in [6.45, 7) is 4.16. The van der Waals surface area contributed by atoms with Crippen molar-refractivity contribution in [3.05, 3.63) is 64.1 Å². The molecule has 3 rings (SSSR count). The highest BCUT2D eigenvalue weighted by molar-refractivity contribution is 9.10. The molecule has 1 heterocycles. The number of rotatable bonds is 4. The minimum absolute atomic E-state index is 0.100. The number of amides is 1. The number of piperazine rings is 1. The van der Waals surface area contributed by atoms with Gasteiger partial charge in [-0.15, -0.1) is 0 Å². The Morgan fingerprint density at radius 2 is 1.83 bits per heavy atom. The Morgan fingerprint density at radius 1 is 1.08 bits per heavy atom. The summed E-state index contributed by atoms with van der Waals surface area (Å²) in [6, 6.07) is 15.8. The fourth-order valence-corrected chi connectivity index (χ4v) is 3.40. The lowest BCUT2D eigenvalue weighted by molar-refractivity contribution is 0.0627. The number of ether oxygens (including phenoxy) is 1. The molecule has 24 heavy (non-hydrogen) atoms. The maximum atomic E-state index is 12.6. The molecular weight excluding hydrogens is 368 g/mol. The van der Waals surface area contributed by atoms with E-state index >= 15 is 0 Å². The van der Waals surface area contributed by atoms with Crippen LogP contribution in [0.15, 0.2) is 53.0 Å². The summed E-state index contributed by atoms with van der Waals surface area (Å²) in [6.07, 6.45) is 0. The molecule has 126 valence electrons. The van der Waals surface area contributed by atoms with E-state index in [1.54, 1.807) is 7.11 Å². The summed E-state index contributed by atoms with van der Waals surface area (Å²) in [4.78, 5) is 16.9. The predicted molar refractivity (Wildman–Crippen MR) is 98.3 cm³/mol. The van der Waals surface area contributed by atoms with Crippen molar-refractivity contribution in [3.8, 4) is 5.75 Å². The highest BCUT2D eigenvalue weighted by atomic mass is 79.9. The molecule has 0 spiro atoms. The predicted octanol–water partition coefficient (Wildman–Crippen LogP) is 3.42. The van der Waals surface area contributed by atoms with Gasteiger partial charge in [-0.25, -0.2) is 0 Å². The summed E-state index contributed by atoms with van der Waals surface area (Å²) in [5, 5.41) is 0. The molecule has 4 nitrogen and oxygen atoms in total. The van der Waals surface area contributed by atoms with Gasteiger partial charge in [-0.1, -0.05) is 24.3 Å². The lowest BCUT2D eigenvalue weighted by Crippen LogP contribution is -2.48. The second-order valence-electron chi connectivity index (χ2n) is 5.90. The van der Waals surface area contributed by atoms with E-state index in [-0.39, 0.29) is 5.91 Å². The minimum atomic E-state index is 0.100. The number of benzene rings is 2. The number of nitrogens with zero attached hydrogens (tertiary/aromatic N) is 2. The Morgan fingerprint density at radius 3 is 2.54 bits per heavy atom. The first-order valence-electron chi connectivity index (χ1n) is 8.06. The zero-order chi connectivity index (χ0) is 16.9. The van der Waals surface area contributed by atoms with E-state index in [0.717, 1.165) is 48.5 Å². The summed E-state index contributed by atoms with van der Waals surface area (Å²) in [5.41, 5.74) is 1.97. The van der Waals surface area contributed by atoms with Gasteiger partial charge in [-0.2, -0.15) is 0 Å². The number of hydrogen-bond acceptors (Lipinski definition) is 3. The average molecular weight is 389 g/mol. The molecule has 5 heteroatoms. The van der Waals surface area contributed by atoms with Crippen LogP contribution < -0.4 is 4.74 Å². The Kier molecular flexibility index (Phi) is 5.53. The number of methoxy groups -OCH3 is 1. The molecule has 0 unspecified atom stereocenters. The Hall–Kier alpha value is -1.85. The van der Waals surface area contributed by atoms with Gasteiger partial charge in [0.2, 0.25) is 0 Å². The van der Waals surface area contributed by atoms with Crippen molar-refractivity contribution in [1.29, 1.82) is 0 Å². The second kappa shape index (κ2) is 7.81. The first kappa shape index (κ1) is 17.0. The van der Waals surface area contributed by atoms with Gasteiger partial charge in [0.05, 0.1) is 12.7 Å². The Balaban J connectivity index is 1.57. The molecule has 2 aromatic rings. The maximum Gasteiger partial charge on any atom is 0.255 e. The van der Waals surface area contributed by atoms with Crippen LogP contribution in [0.3, 0.4) is 0 Å². The third-order valence-electron chi connectivity index (χ3n) is 4.30. The lowest BCUT2D eigenvalue weighted by Gasteiger charge is -2.35. The van der Waals surface area contributed by atoms with E-state index in [1.165, 1.54) is 5.56 Å². The fraction of sp³-hybridized carbons (Fsp3) is 0.316. The summed E-state index contributed by atoms with van der Waals surface area (Å²) >= 11 is 3.46. The first-order chi connectivity index (χ1) is 11.7. The van der Waals surface area contributed by atoms with Gasteiger partial charge in [0, 0.05) is 37.2 Å². The van der Waals surface area contributed by atoms with E-state index in [0.29, 0.717) is 0 Å². The van der Waals surface area contributed by atoms with Crippen molar-refractivity contribution in [1.82, 2.24) is 9.80 Å². The first-order valence-corrected chi connectivity index (χ1v) is 8.86. The van der Waals surface area contributed by atoms with Crippen LogP contribution in [-0.2, 0) is 6.54 Å². The summed E-state index contributed by atoms with van der Waals surface area (Å²) in [5.74, 6) is 0.985. The molecule has 0 aliphatic carbocycles. The van der Waals surface area contributed by atoms with Crippen molar-refractivity contribution < 1.29 is 9.53 Å². The van der Waals surface area contributed by atoms with E-state index < -0.39 is 0 Å². The van der Waals surface area contributed by atoms with Crippen molar-refractivity contribution >= 4 is 21.8 Å². The van der Waals surface area contributed by atoms with Crippen LogP contribution in [0.5, 0.6) is 5.75 Å². The van der Waals surface area contributed by atoms with Crippen molar-refractivity contribution in [2.75, 3.05) is 33.3 Å². The summed E-state index contributed by atoms with van der Waals surface area (Å²) in [7, 11) is 1.69. The standard InChI is InChI=1S/C19H21BrN2O2/c1-24-16-6-4-5-15(13-16)14-21-9-11-22(12-10-21)19(23)17-7-2-3-8-18(17)20/h2-8,13H,9-12,14H2,1H3. The van der Waals surface area contributed by atoms with Crippen LogP contribution in [0.4, 0.5) is 0 Å². The van der Waals surface area contributed by atoms with E-state index in [4.69, 9.17) is 4.74 Å². The van der Waals surface area contributed by atoms with Crippen molar-refractivity contribution in [2.24, 2.45) is 0 Å². The van der Waals surface area contributed by atoms with Crippen LogP contribution in [0.1, 0.15) is 15.9 Å². The Bertz CT molecular complexity index is 712. The average Bonchev–Trinajstić information content (AvgIpc) is 2.62. The molecule has 1 aliphatic rings. The summed E-state index contributed by atoms with van der Waals surface area (Å²) < 4.78 is 6.13. The van der Waals surface area contributed by atoms with Crippen molar-refractivity contribution in [2.45, 2.75) is 6.54 Å². The molecule has 1 aliphatic heterocycles. The molecule has 0 saturated carbocycles. The van der Waals surface area contributed by atoms with Crippen molar-refractivity contribution in [3.63, 3.8) is 0 Å². The van der Waals surface area contributed by atoms with Crippen LogP contribution in [-0.4, -0.2) is 49.0 Å². The van der Waals surface area contributed by atoms with E-state index in [1.807, 2.05) is 41.3 Å². The highest BCUT2D eigenvalue weighted by Gasteiger charge is 2.23. The van der Waals surface area contributed by atoms with Crippen LogP contribution >= 0.6 is 15.9 Å². The zero-order valence-corrected chi connectivity index (χ0v) is 15.3. The number of carbonyl (C=O) groups is 1. The normalized spacial score (nSPS) is 15.3. The highest BCUT2D eigenvalue weighted by Crippen LogP contribution is 2.20. The molecule has 1 fully saturated rings. The smallest absolute Gasteiger partial charge is 0.255 e. The van der Waals surface area contributed by atoms with Gasteiger partial charge >= 0.3 is 0 Å². The molecule has 1 amide bonds. The number of hydrogen-bond donors (Lipinski definition) is 0. The number of carbonyl (C=O) groups excluding carboxylic acids is 1. The SMILES string of the molecule is COc1cccc(CN2CCN(C(=O)c3ccccc3Br)CC2)c1. The van der Waals surface area contributed by atoms with Crippen LogP contribution in [0.2, 0.25) is 0 Å².